The van der Waals surface area contributed by atoms with Gasteiger partial charge in [0.2, 0.25) is 0 Å². The molecule has 4 heteroatoms. The average Bonchev–Trinajstić information content (AvgIpc) is 2.24. The summed E-state index contributed by atoms with van der Waals surface area (Å²) < 4.78 is 5.07. The van der Waals surface area contributed by atoms with E-state index >= 15 is 0 Å². The molecule has 0 radical (unpaired) electrons. The molecule has 0 aliphatic rings. The molecule has 0 fully saturated rings. The van der Waals surface area contributed by atoms with Gasteiger partial charge in [-0.1, -0.05) is 24.3 Å². The number of rotatable bonds is 3. The van der Waals surface area contributed by atoms with Crippen LogP contribution < -0.4 is 5.32 Å². The highest BCUT2D eigenvalue weighted by Gasteiger charge is 2.14. The summed E-state index contributed by atoms with van der Waals surface area (Å²) in [6.07, 6.45) is -0.438. The lowest BCUT2D eigenvalue weighted by molar-refractivity contribution is 0.131. The Kier molecular flexibility index (Phi) is 4.52. The predicted octanol–water partition coefficient (Wildman–Crippen LogP) is 2.20. The van der Waals surface area contributed by atoms with Crippen molar-refractivity contribution in [3.8, 4) is 0 Å². The van der Waals surface area contributed by atoms with Crippen LogP contribution in [0.3, 0.4) is 0 Å². The lowest BCUT2D eigenvalue weighted by Gasteiger charge is -2.20. The van der Waals surface area contributed by atoms with Crippen molar-refractivity contribution in [2.24, 2.45) is 0 Å². The number of benzene rings is 1. The van der Waals surface area contributed by atoms with Gasteiger partial charge in [0.15, 0.2) is 0 Å². The molecule has 4 nitrogen and oxygen atoms in total. The molecule has 0 saturated heterocycles. The highest BCUT2D eigenvalue weighted by molar-refractivity contribution is 5.68. The topological polar surface area (TPSA) is 58.6 Å². The Morgan fingerprint density at radius 1 is 1.35 bits per heavy atom. The number of hydrogen-bond acceptors (Lipinski definition) is 3. The number of nitrogens with one attached hydrogen (secondary N) is 1. The minimum atomic E-state index is -0.438. The van der Waals surface area contributed by atoms with E-state index in [4.69, 9.17) is 9.84 Å². The second-order valence-electron chi connectivity index (χ2n) is 4.93. The Hall–Kier alpha value is -1.55. The van der Waals surface area contributed by atoms with Gasteiger partial charge in [-0.05, 0) is 31.9 Å². The van der Waals surface area contributed by atoms with E-state index in [1.165, 1.54) is 0 Å². The van der Waals surface area contributed by atoms with Crippen LogP contribution in [0.4, 0.5) is 4.79 Å². The number of aliphatic hydroxyl groups is 1. The zero-order valence-electron chi connectivity index (χ0n) is 10.5. The summed E-state index contributed by atoms with van der Waals surface area (Å²) in [6, 6.07) is 7.30. The van der Waals surface area contributed by atoms with Gasteiger partial charge in [-0.15, -0.1) is 0 Å². The Bertz CT molecular complexity index is 382. The molecule has 0 aliphatic carbocycles. The molecule has 0 aromatic heterocycles. The smallest absolute Gasteiger partial charge is 0.407 e. The number of hydrogen-bond donors (Lipinski definition) is 2. The zero-order chi connectivity index (χ0) is 12.9. The van der Waals surface area contributed by atoms with Crippen LogP contribution in [-0.4, -0.2) is 16.7 Å². The van der Waals surface area contributed by atoms with Gasteiger partial charge in [-0.25, -0.2) is 4.79 Å². The van der Waals surface area contributed by atoms with Crippen LogP contribution in [0.2, 0.25) is 0 Å². The molecule has 1 aromatic carbocycles. The molecule has 0 spiro atoms. The zero-order valence-corrected chi connectivity index (χ0v) is 10.5. The average molecular weight is 237 g/mol. The Labute approximate surface area is 102 Å². The first-order valence-corrected chi connectivity index (χ1v) is 5.54. The lowest BCUT2D eigenvalue weighted by atomic mass is 10.1. The van der Waals surface area contributed by atoms with E-state index in [2.05, 4.69) is 5.32 Å². The van der Waals surface area contributed by atoms with Crippen molar-refractivity contribution in [1.82, 2.24) is 5.32 Å². The normalized spacial score (nSPS) is 11.1. The molecule has 0 heterocycles. The summed E-state index contributed by atoms with van der Waals surface area (Å²) in [7, 11) is 0. The van der Waals surface area contributed by atoms with Crippen LogP contribution in [0.25, 0.3) is 0 Å². The molecule has 2 N–H and O–H groups in total. The number of alkyl carbamates (subject to hydrolysis) is 1. The van der Waals surface area contributed by atoms with Crippen molar-refractivity contribution in [3.63, 3.8) is 0 Å². The van der Waals surface area contributed by atoms with Crippen molar-refractivity contribution < 1.29 is 14.6 Å². The maximum Gasteiger partial charge on any atom is 0.407 e. The fourth-order valence-electron chi connectivity index (χ4n) is 1.31. The van der Waals surface area contributed by atoms with Crippen LogP contribution in [0, 0.1) is 0 Å². The van der Waals surface area contributed by atoms with Gasteiger partial charge in [0.1, 0.15) is 6.61 Å². The van der Waals surface area contributed by atoms with E-state index in [9.17, 15) is 4.79 Å². The van der Waals surface area contributed by atoms with Crippen molar-refractivity contribution in [3.05, 3.63) is 35.4 Å². The summed E-state index contributed by atoms with van der Waals surface area (Å²) in [5, 5.41) is 11.7. The standard InChI is InChI=1S/C13H19NO3/c1-13(2,3)14-12(16)17-9-11-6-4-5-10(7-11)8-15/h4-7,15H,8-9H2,1-3H3,(H,14,16). The van der Waals surface area contributed by atoms with E-state index < -0.39 is 6.09 Å². The molecule has 17 heavy (non-hydrogen) atoms. The fourth-order valence-corrected chi connectivity index (χ4v) is 1.31. The van der Waals surface area contributed by atoms with Gasteiger partial charge in [-0.2, -0.15) is 0 Å². The highest BCUT2D eigenvalue weighted by Crippen LogP contribution is 2.07. The molecule has 1 aromatic rings. The van der Waals surface area contributed by atoms with Crippen LogP contribution in [0.5, 0.6) is 0 Å². The van der Waals surface area contributed by atoms with Crippen molar-refractivity contribution in [1.29, 1.82) is 0 Å². The first-order valence-electron chi connectivity index (χ1n) is 5.54. The summed E-state index contributed by atoms with van der Waals surface area (Å²) >= 11 is 0. The third kappa shape index (κ3) is 5.36. The molecule has 0 bridgehead atoms. The molecular weight excluding hydrogens is 218 g/mol. The third-order valence-corrected chi connectivity index (χ3v) is 2.02. The van der Waals surface area contributed by atoms with Crippen molar-refractivity contribution in [2.75, 3.05) is 0 Å². The SMILES string of the molecule is CC(C)(C)NC(=O)OCc1cccc(CO)c1. The van der Waals surface area contributed by atoms with Crippen LogP contribution in [0.15, 0.2) is 24.3 Å². The maximum absolute atomic E-state index is 11.4. The number of carbonyl (C=O) groups excluding carboxylic acids is 1. The second kappa shape index (κ2) is 5.68. The van der Waals surface area contributed by atoms with Gasteiger partial charge in [-0.3, -0.25) is 0 Å². The number of amides is 1. The van der Waals surface area contributed by atoms with Crippen LogP contribution >= 0.6 is 0 Å². The van der Waals surface area contributed by atoms with E-state index in [1.807, 2.05) is 45.0 Å². The predicted molar refractivity (Wildman–Crippen MR) is 65.4 cm³/mol. The van der Waals surface area contributed by atoms with Gasteiger partial charge in [0, 0.05) is 5.54 Å². The van der Waals surface area contributed by atoms with E-state index in [0.717, 1.165) is 11.1 Å². The Morgan fingerprint density at radius 2 is 2.00 bits per heavy atom. The Morgan fingerprint density at radius 3 is 2.59 bits per heavy atom. The minimum absolute atomic E-state index is 0.0119. The van der Waals surface area contributed by atoms with Gasteiger partial charge in [0.05, 0.1) is 6.61 Å². The summed E-state index contributed by atoms with van der Waals surface area (Å²) in [4.78, 5) is 11.4. The van der Waals surface area contributed by atoms with Gasteiger partial charge in [0.25, 0.3) is 0 Å². The van der Waals surface area contributed by atoms with Crippen molar-refractivity contribution >= 4 is 6.09 Å². The highest BCUT2D eigenvalue weighted by atomic mass is 16.5. The van der Waals surface area contributed by atoms with Crippen LogP contribution in [0.1, 0.15) is 31.9 Å². The summed E-state index contributed by atoms with van der Waals surface area (Å²) in [6.45, 7) is 5.86. The Balaban J connectivity index is 2.47. The molecule has 0 saturated carbocycles. The monoisotopic (exact) mass is 237 g/mol. The van der Waals surface area contributed by atoms with E-state index in [0.29, 0.717) is 0 Å². The number of ether oxygens (including phenoxy) is 1. The van der Waals surface area contributed by atoms with Crippen LogP contribution in [-0.2, 0) is 18.0 Å². The molecule has 94 valence electrons. The fraction of sp³-hybridized carbons (Fsp3) is 0.462. The third-order valence-electron chi connectivity index (χ3n) is 2.02. The largest absolute Gasteiger partial charge is 0.445 e. The number of aliphatic hydroxyl groups excluding tert-OH is 1. The van der Waals surface area contributed by atoms with Crippen molar-refractivity contribution in [2.45, 2.75) is 39.5 Å². The molecule has 1 amide bonds. The first kappa shape index (κ1) is 13.5. The maximum atomic E-state index is 11.4. The van der Waals surface area contributed by atoms with Gasteiger partial charge >= 0.3 is 6.09 Å². The van der Waals surface area contributed by atoms with E-state index in [-0.39, 0.29) is 18.8 Å². The molecule has 0 atom stereocenters. The molecule has 0 unspecified atom stereocenters. The molecule has 1 rings (SSSR count). The second-order valence-corrected chi connectivity index (χ2v) is 4.93. The van der Waals surface area contributed by atoms with Gasteiger partial charge < -0.3 is 15.2 Å². The summed E-state index contributed by atoms with van der Waals surface area (Å²) in [5.41, 5.74) is 1.37. The quantitative estimate of drug-likeness (QED) is 0.847. The van der Waals surface area contributed by atoms with E-state index in [1.54, 1.807) is 0 Å². The number of carbonyl (C=O) groups is 1. The first-order chi connectivity index (χ1) is 7.90. The summed E-state index contributed by atoms with van der Waals surface area (Å²) in [5.74, 6) is 0. The lowest BCUT2D eigenvalue weighted by Crippen LogP contribution is -2.40. The molecule has 0 aliphatic heterocycles. The molecular formula is C13H19NO3. The minimum Gasteiger partial charge on any atom is -0.445 e.